The zero-order valence-electron chi connectivity index (χ0n) is 20.4. The fourth-order valence-electron chi connectivity index (χ4n) is 4.97. The first kappa shape index (κ1) is 24.5. The summed E-state index contributed by atoms with van der Waals surface area (Å²) in [6.45, 7) is 2.82. The van der Waals surface area contributed by atoms with E-state index in [1.807, 2.05) is 19.1 Å². The number of aromatic nitrogens is 2. The van der Waals surface area contributed by atoms with Crippen molar-refractivity contribution in [3.8, 4) is 28.8 Å². The van der Waals surface area contributed by atoms with Crippen LogP contribution in [0.25, 0.3) is 11.3 Å². The van der Waals surface area contributed by atoms with Crippen molar-refractivity contribution >= 4 is 35.0 Å². The lowest BCUT2D eigenvalue weighted by Gasteiger charge is -2.27. The number of nitrogens with zero attached hydrogens (tertiary/aromatic N) is 2. The van der Waals surface area contributed by atoms with Gasteiger partial charge >= 0.3 is 6.09 Å². The van der Waals surface area contributed by atoms with Crippen molar-refractivity contribution in [2.75, 3.05) is 25.5 Å². The van der Waals surface area contributed by atoms with Crippen LogP contribution < -0.4 is 15.4 Å². The Balaban J connectivity index is 1.64. The summed E-state index contributed by atoms with van der Waals surface area (Å²) in [5, 5.41) is 16.3. The predicted molar refractivity (Wildman–Crippen MR) is 141 cm³/mol. The molecular weight excluding hydrogens is 494 g/mol. The zero-order chi connectivity index (χ0) is 26.2. The molecule has 1 saturated heterocycles. The molecule has 0 saturated carbocycles. The standard InChI is InChI=1S/C27H26ClN5O4/c1-27(10-4-14-33(27)26(35)36)11-7-16-15-29-12-8-17(16)22-23(21-19(31-22)9-13-30-25(21)34)32-20-6-3-5-18(28)24(20)37-2/h3,5-6,8,12,15,31-32H,4,9-10,13-14H2,1-2H3,(H,30,34)(H,35,36)/t27-/m1/s1. The largest absolute Gasteiger partial charge is 0.493 e. The minimum Gasteiger partial charge on any atom is -0.493 e. The van der Waals surface area contributed by atoms with Crippen LogP contribution in [0, 0.1) is 11.8 Å². The molecular formula is C27H26ClN5O4. The van der Waals surface area contributed by atoms with Crippen molar-refractivity contribution < 1.29 is 19.4 Å². The summed E-state index contributed by atoms with van der Waals surface area (Å²) in [6, 6.07) is 7.17. The molecule has 5 rings (SSSR count). The summed E-state index contributed by atoms with van der Waals surface area (Å²) < 4.78 is 5.51. The number of pyridine rings is 1. The average Bonchev–Trinajstić information content (AvgIpc) is 3.45. The van der Waals surface area contributed by atoms with Gasteiger partial charge in [0.1, 0.15) is 5.54 Å². The molecule has 4 N–H and O–H groups in total. The smallest absolute Gasteiger partial charge is 0.408 e. The molecule has 0 spiro atoms. The van der Waals surface area contributed by atoms with Crippen LogP contribution in [0.3, 0.4) is 0 Å². The highest BCUT2D eigenvalue weighted by atomic mass is 35.5. The second kappa shape index (κ2) is 9.71. The summed E-state index contributed by atoms with van der Waals surface area (Å²) in [4.78, 5) is 33.8. The Kier molecular flexibility index (Phi) is 6.44. The van der Waals surface area contributed by atoms with Gasteiger partial charge < -0.3 is 25.5 Å². The van der Waals surface area contributed by atoms with Gasteiger partial charge in [0.15, 0.2) is 5.75 Å². The van der Waals surface area contributed by atoms with Crippen LogP contribution in [-0.4, -0.2) is 57.7 Å². The number of nitrogens with one attached hydrogen (secondary N) is 3. The summed E-state index contributed by atoms with van der Waals surface area (Å²) in [5.74, 6) is 6.63. The highest BCUT2D eigenvalue weighted by Gasteiger charge is 2.38. The summed E-state index contributed by atoms with van der Waals surface area (Å²) in [5.41, 5.74) is 3.72. The number of ether oxygens (including phenoxy) is 1. The molecule has 3 aromatic rings. The molecule has 2 aliphatic rings. The number of H-pyrrole nitrogens is 1. The molecule has 1 aromatic carbocycles. The first-order chi connectivity index (χ1) is 17.8. The van der Waals surface area contributed by atoms with Crippen LogP contribution >= 0.6 is 11.6 Å². The minimum atomic E-state index is -0.981. The third-order valence-electron chi connectivity index (χ3n) is 6.82. The normalized spacial score (nSPS) is 18.5. The SMILES string of the molecule is COc1c(Cl)cccc1Nc1c(-c2ccncc2C#C[C@@]2(C)CCCN2C(=O)O)[nH]c2c1C(=O)NCC2. The number of anilines is 2. The van der Waals surface area contributed by atoms with Crippen LogP contribution in [0.15, 0.2) is 36.7 Å². The number of hydrogen-bond acceptors (Lipinski definition) is 5. The second-order valence-corrected chi connectivity index (χ2v) is 9.57. The maximum atomic E-state index is 13.0. The number of para-hydroxylation sites is 1. The third kappa shape index (κ3) is 4.45. The van der Waals surface area contributed by atoms with Crippen molar-refractivity contribution in [2.24, 2.45) is 0 Å². The molecule has 4 heterocycles. The van der Waals surface area contributed by atoms with Gasteiger partial charge in [0, 0.05) is 43.2 Å². The van der Waals surface area contributed by atoms with Crippen LogP contribution in [0.1, 0.15) is 41.4 Å². The summed E-state index contributed by atoms with van der Waals surface area (Å²) >= 11 is 6.35. The van der Waals surface area contributed by atoms with Crippen molar-refractivity contribution in [2.45, 2.75) is 31.7 Å². The maximum absolute atomic E-state index is 13.0. The highest BCUT2D eigenvalue weighted by Crippen LogP contribution is 2.41. The minimum absolute atomic E-state index is 0.190. The van der Waals surface area contributed by atoms with Crippen molar-refractivity contribution in [3.05, 3.63) is 58.5 Å². The van der Waals surface area contributed by atoms with Crippen molar-refractivity contribution in [3.63, 3.8) is 0 Å². The predicted octanol–water partition coefficient (Wildman–Crippen LogP) is 4.65. The van der Waals surface area contributed by atoms with E-state index in [-0.39, 0.29) is 5.91 Å². The number of likely N-dealkylation sites (tertiary alicyclic amines) is 1. The van der Waals surface area contributed by atoms with E-state index in [0.29, 0.717) is 64.9 Å². The number of amides is 2. The summed E-state index contributed by atoms with van der Waals surface area (Å²) in [7, 11) is 1.53. The number of carbonyl (C=O) groups is 2. The van der Waals surface area contributed by atoms with Crippen molar-refractivity contribution in [1.29, 1.82) is 0 Å². The molecule has 2 amide bonds. The van der Waals surface area contributed by atoms with E-state index in [0.717, 1.165) is 17.7 Å². The first-order valence-corrected chi connectivity index (χ1v) is 12.3. The molecule has 190 valence electrons. The number of aromatic amines is 1. The number of methoxy groups -OCH3 is 1. The molecule has 0 bridgehead atoms. The van der Waals surface area contributed by atoms with Gasteiger partial charge in [-0.15, -0.1) is 0 Å². The Morgan fingerprint density at radius 1 is 1.35 bits per heavy atom. The lowest BCUT2D eigenvalue weighted by atomic mass is 9.98. The van der Waals surface area contributed by atoms with Crippen LogP contribution in [-0.2, 0) is 6.42 Å². The van der Waals surface area contributed by atoms with Gasteiger partial charge in [-0.25, -0.2) is 4.79 Å². The van der Waals surface area contributed by atoms with E-state index < -0.39 is 11.6 Å². The van der Waals surface area contributed by atoms with Gasteiger partial charge in [-0.2, -0.15) is 0 Å². The molecule has 2 aliphatic heterocycles. The first-order valence-electron chi connectivity index (χ1n) is 11.9. The number of fused-ring (bicyclic) bond motifs is 1. The van der Waals surface area contributed by atoms with Crippen LogP contribution in [0.4, 0.5) is 16.2 Å². The van der Waals surface area contributed by atoms with Gasteiger partial charge in [-0.1, -0.05) is 29.5 Å². The van der Waals surface area contributed by atoms with Crippen LogP contribution in [0.2, 0.25) is 5.02 Å². The number of hydrogen-bond donors (Lipinski definition) is 4. The third-order valence-corrected chi connectivity index (χ3v) is 7.12. The fourth-order valence-corrected chi connectivity index (χ4v) is 5.22. The van der Waals surface area contributed by atoms with Gasteiger partial charge in [0.05, 0.1) is 40.3 Å². The number of halogens is 1. The number of carbonyl (C=O) groups excluding carboxylic acids is 1. The van der Waals surface area contributed by atoms with Gasteiger partial charge in [-0.05, 0) is 38.0 Å². The molecule has 10 heteroatoms. The molecule has 0 unspecified atom stereocenters. The average molecular weight is 520 g/mol. The molecule has 0 aliphatic carbocycles. The Hall–Kier alpha value is -4.16. The van der Waals surface area contributed by atoms with E-state index in [4.69, 9.17) is 16.3 Å². The van der Waals surface area contributed by atoms with Gasteiger partial charge in [0.25, 0.3) is 5.91 Å². The molecule has 37 heavy (non-hydrogen) atoms. The van der Waals surface area contributed by atoms with Crippen molar-refractivity contribution in [1.82, 2.24) is 20.2 Å². The van der Waals surface area contributed by atoms with Gasteiger partial charge in [-0.3, -0.25) is 14.7 Å². The lowest BCUT2D eigenvalue weighted by Crippen LogP contribution is -2.43. The monoisotopic (exact) mass is 519 g/mol. The Bertz CT molecular complexity index is 1460. The Labute approximate surface area is 219 Å². The molecule has 1 fully saturated rings. The molecule has 0 radical (unpaired) electrons. The lowest BCUT2D eigenvalue weighted by molar-refractivity contribution is 0.0946. The summed E-state index contributed by atoms with van der Waals surface area (Å²) in [6.07, 6.45) is 4.37. The maximum Gasteiger partial charge on any atom is 0.408 e. The quantitative estimate of drug-likeness (QED) is 0.372. The fraction of sp³-hybridized carbons (Fsp3) is 0.296. The van der Waals surface area contributed by atoms with E-state index in [9.17, 15) is 14.7 Å². The zero-order valence-corrected chi connectivity index (χ0v) is 21.2. The Morgan fingerprint density at radius 2 is 2.19 bits per heavy atom. The molecule has 9 nitrogen and oxygen atoms in total. The van der Waals surface area contributed by atoms with Crippen LogP contribution in [0.5, 0.6) is 5.75 Å². The van der Waals surface area contributed by atoms with E-state index in [1.165, 1.54) is 12.0 Å². The highest BCUT2D eigenvalue weighted by molar-refractivity contribution is 6.32. The van der Waals surface area contributed by atoms with E-state index in [2.05, 4.69) is 32.4 Å². The number of benzene rings is 1. The van der Waals surface area contributed by atoms with E-state index in [1.54, 1.807) is 24.5 Å². The molecule has 2 aromatic heterocycles. The molecule has 1 atom stereocenters. The second-order valence-electron chi connectivity index (χ2n) is 9.16. The Morgan fingerprint density at radius 3 is 2.97 bits per heavy atom. The number of rotatable bonds is 4. The number of carboxylic acid groups (broad SMARTS) is 1. The topological polar surface area (TPSA) is 120 Å². The van der Waals surface area contributed by atoms with Gasteiger partial charge in [0.2, 0.25) is 0 Å². The van der Waals surface area contributed by atoms with E-state index >= 15 is 0 Å².